The second kappa shape index (κ2) is 4.28. The van der Waals surface area contributed by atoms with Crippen molar-refractivity contribution in [3.63, 3.8) is 0 Å². The quantitative estimate of drug-likeness (QED) is 0.867. The van der Waals surface area contributed by atoms with Crippen molar-refractivity contribution in [2.45, 2.75) is 25.8 Å². The van der Waals surface area contributed by atoms with E-state index in [2.05, 4.69) is 20.7 Å². The molecule has 0 aromatic carbocycles. The van der Waals surface area contributed by atoms with Gasteiger partial charge in [0.1, 0.15) is 16.6 Å². The Morgan fingerprint density at radius 1 is 1.47 bits per heavy atom. The lowest BCUT2D eigenvalue weighted by atomic mass is 9.84. The normalized spacial score (nSPS) is 31.2. The van der Waals surface area contributed by atoms with E-state index in [9.17, 15) is 0 Å². The Morgan fingerprint density at radius 2 is 2.24 bits per heavy atom. The fraction of sp³-hybridized carbons (Fsp3) is 0.667. The van der Waals surface area contributed by atoms with E-state index < -0.39 is 0 Å². The van der Waals surface area contributed by atoms with Gasteiger partial charge >= 0.3 is 0 Å². The van der Waals surface area contributed by atoms with Crippen LogP contribution in [0, 0.1) is 24.2 Å². The van der Waals surface area contributed by atoms with Crippen LogP contribution in [0.25, 0.3) is 0 Å². The number of nitrogens with one attached hydrogen (secondary N) is 1. The molecular formula is C12H16N4S. The van der Waals surface area contributed by atoms with Crippen LogP contribution in [0.3, 0.4) is 0 Å². The molecule has 1 aromatic rings. The van der Waals surface area contributed by atoms with Crippen molar-refractivity contribution in [3.8, 4) is 6.07 Å². The number of rotatable bonds is 2. The smallest absolute Gasteiger partial charge is 0.127 e. The molecule has 4 nitrogen and oxygen atoms in total. The molecule has 1 aromatic heterocycles. The van der Waals surface area contributed by atoms with Gasteiger partial charge in [0.05, 0.1) is 5.69 Å². The monoisotopic (exact) mass is 248 g/mol. The van der Waals surface area contributed by atoms with Crippen LogP contribution in [0.4, 0.5) is 5.00 Å². The SMILES string of the molecule is Cc1nsc(NC2CN3CCC2CC3)c1C#N. The molecule has 3 aliphatic heterocycles. The number of aryl methyl sites for hydroxylation is 1. The van der Waals surface area contributed by atoms with Gasteiger partial charge in [-0.05, 0) is 50.3 Å². The molecular weight excluding hydrogens is 232 g/mol. The molecule has 0 saturated carbocycles. The maximum atomic E-state index is 9.12. The lowest BCUT2D eigenvalue weighted by molar-refractivity contribution is 0.0976. The van der Waals surface area contributed by atoms with Gasteiger partial charge in [-0.25, -0.2) is 0 Å². The number of piperidine rings is 3. The third kappa shape index (κ3) is 1.92. The largest absolute Gasteiger partial charge is 0.370 e. The average molecular weight is 248 g/mol. The lowest BCUT2D eigenvalue weighted by Crippen LogP contribution is -2.53. The van der Waals surface area contributed by atoms with E-state index in [1.165, 1.54) is 37.5 Å². The van der Waals surface area contributed by atoms with E-state index in [1.54, 1.807) is 0 Å². The first-order valence-corrected chi connectivity index (χ1v) is 6.90. The predicted molar refractivity (Wildman–Crippen MR) is 68.1 cm³/mol. The number of hydrogen-bond acceptors (Lipinski definition) is 5. The van der Waals surface area contributed by atoms with Crippen molar-refractivity contribution in [2.24, 2.45) is 5.92 Å². The third-order valence-corrected chi connectivity index (χ3v) is 4.82. The number of nitriles is 1. The van der Waals surface area contributed by atoms with E-state index in [4.69, 9.17) is 5.26 Å². The molecule has 5 heteroatoms. The molecule has 4 rings (SSSR count). The summed E-state index contributed by atoms with van der Waals surface area (Å²) in [6, 6.07) is 2.75. The van der Waals surface area contributed by atoms with Gasteiger partial charge in [0.15, 0.2) is 0 Å². The number of fused-ring (bicyclic) bond motifs is 3. The van der Waals surface area contributed by atoms with Crippen LogP contribution < -0.4 is 5.32 Å². The maximum absolute atomic E-state index is 9.12. The van der Waals surface area contributed by atoms with E-state index in [1.807, 2.05) is 6.92 Å². The van der Waals surface area contributed by atoms with Gasteiger partial charge in [-0.2, -0.15) is 9.64 Å². The van der Waals surface area contributed by atoms with Crippen LogP contribution in [0.15, 0.2) is 0 Å². The van der Waals surface area contributed by atoms with E-state index in [0.717, 1.165) is 28.7 Å². The molecule has 3 saturated heterocycles. The molecule has 0 spiro atoms. The first-order chi connectivity index (χ1) is 8.28. The van der Waals surface area contributed by atoms with Crippen LogP contribution >= 0.6 is 11.5 Å². The first kappa shape index (κ1) is 11.0. The predicted octanol–water partition coefficient (Wildman–Crippen LogP) is 1.83. The molecule has 3 fully saturated rings. The highest BCUT2D eigenvalue weighted by Crippen LogP contribution is 2.32. The molecule has 17 heavy (non-hydrogen) atoms. The Hall–Kier alpha value is -1.12. The average Bonchev–Trinajstić information content (AvgIpc) is 2.71. The summed E-state index contributed by atoms with van der Waals surface area (Å²) in [5.74, 6) is 0.772. The first-order valence-electron chi connectivity index (χ1n) is 6.13. The van der Waals surface area contributed by atoms with Crippen LogP contribution in [-0.4, -0.2) is 34.9 Å². The van der Waals surface area contributed by atoms with Gasteiger partial charge in [0.25, 0.3) is 0 Å². The summed E-state index contributed by atoms with van der Waals surface area (Å²) in [5, 5.41) is 13.6. The summed E-state index contributed by atoms with van der Waals surface area (Å²) in [5.41, 5.74) is 1.58. The van der Waals surface area contributed by atoms with Crippen molar-refractivity contribution in [2.75, 3.05) is 25.0 Å². The van der Waals surface area contributed by atoms with Gasteiger partial charge in [0, 0.05) is 12.6 Å². The van der Waals surface area contributed by atoms with Gasteiger partial charge in [-0.1, -0.05) is 0 Å². The molecule has 90 valence electrons. The van der Waals surface area contributed by atoms with Gasteiger partial charge in [-0.3, -0.25) is 0 Å². The zero-order valence-corrected chi connectivity index (χ0v) is 10.8. The number of nitrogens with zero attached hydrogens (tertiary/aromatic N) is 3. The molecule has 0 aliphatic carbocycles. The molecule has 1 N–H and O–H groups in total. The molecule has 2 bridgehead atoms. The standard InChI is InChI=1S/C12H16N4S/c1-8-10(6-13)12(17-15-8)14-11-7-16-4-2-9(11)3-5-16/h9,11,14H,2-5,7H2,1H3. The molecule has 1 atom stereocenters. The minimum absolute atomic E-state index is 0.504. The number of aromatic nitrogens is 1. The topological polar surface area (TPSA) is 52.0 Å². The van der Waals surface area contributed by atoms with Crippen molar-refractivity contribution in [1.82, 2.24) is 9.27 Å². The summed E-state index contributed by atoms with van der Waals surface area (Å²) in [6.45, 7) is 5.51. The van der Waals surface area contributed by atoms with Crippen LogP contribution in [-0.2, 0) is 0 Å². The van der Waals surface area contributed by atoms with Gasteiger partial charge in [0.2, 0.25) is 0 Å². The number of hydrogen-bond donors (Lipinski definition) is 1. The molecule has 0 amide bonds. The second-order valence-corrected chi connectivity index (χ2v) is 5.75. The summed E-state index contributed by atoms with van der Waals surface area (Å²) in [7, 11) is 0. The Morgan fingerprint density at radius 3 is 2.82 bits per heavy atom. The second-order valence-electron chi connectivity index (χ2n) is 4.97. The Bertz CT molecular complexity index is 454. The van der Waals surface area contributed by atoms with E-state index in [0.29, 0.717) is 6.04 Å². The van der Waals surface area contributed by atoms with Crippen molar-refractivity contribution in [3.05, 3.63) is 11.3 Å². The van der Waals surface area contributed by atoms with E-state index >= 15 is 0 Å². The zero-order valence-electron chi connectivity index (χ0n) is 9.94. The summed E-state index contributed by atoms with van der Waals surface area (Å²) in [6.07, 6.45) is 2.58. The van der Waals surface area contributed by atoms with Crippen molar-refractivity contribution >= 4 is 16.5 Å². The van der Waals surface area contributed by atoms with Crippen LogP contribution in [0.1, 0.15) is 24.1 Å². The van der Waals surface area contributed by atoms with Crippen molar-refractivity contribution < 1.29 is 0 Å². The number of anilines is 1. The summed E-state index contributed by atoms with van der Waals surface area (Å²) in [4.78, 5) is 2.51. The fourth-order valence-electron chi connectivity index (χ4n) is 2.90. The zero-order chi connectivity index (χ0) is 11.8. The van der Waals surface area contributed by atoms with Gasteiger partial charge in [-0.15, -0.1) is 0 Å². The summed E-state index contributed by atoms with van der Waals surface area (Å²) < 4.78 is 4.26. The van der Waals surface area contributed by atoms with Crippen LogP contribution in [0.2, 0.25) is 0 Å². The molecule has 1 unspecified atom stereocenters. The Kier molecular flexibility index (Phi) is 2.77. The lowest BCUT2D eigenvalue weighted by Gasteiger charge is -2.45. The highest BCUT2D eigenvalue weighted by molar-refractivity contribution is 7.10. The molecule has 0 radical (unpaired) electrons. The van der Waals surface area contributed by atoms with Gasteiger partial charge < -0.3 is 10.2 Å². The maximum Gasteiger partial charge on any atom is 0.127 e. The minimum Gasteiger partial charge on any atom is -0.370 e. The molecule has 4 heterocycles. The Labute approximate surface area is 105 Å². The third-order valence-electron chi connectivity index (χ3n) is 3.95. The van der Waals surface area contributed by atoms with E-state index in [-0.39, 0.29) is 0 Å². The highest BCUT2D eigenvalue weighted by atomic mass is 32.1. The fourth-order valence-corrected chi connectivity index (χ4v) is 3.71. The van der Waals surface area contributed by atoms with Crippen LogP contribution in [0.5, 0.6) is 0 Å². The molecule has 3 aliphatic rings. The summed E-state index contributed by atoms with van der Waals surface area (Å²) >= 11 is 1.42. The minimum atomic E-state index is 0.504. The Balaban J connectivity index is 1.77. The highest BCUT2D eigenvalue weighted by Gasteiger charge is 2.34. The van der Waals surface area contributed by atoms with Crippen molar-refractivity contribution in [1.29, 1.82) is 5.26 Å².